The highest BCUT2D eigenvalue weighted by atomic mass is 16.3. The van der Waals surface area contributed by atoms with Gasteiger partial charge in [-0.1, -0.05) is 11.1 Å². The number of aliphatic hydroxyl groups excluding tert-OH is 7. The lowest BCUT2D eigenvalue weighted by Gasteiger charge is -2.55. The predicted octanol–water partition coefficient (Wildman–Crippen LogP) is -0.0475. The van der Waals surface area contributed by atoms with Crippen LogP contribution in [0, 0.1) is 22.2 Å². The highest BCUT2D eigenvalue weighted by Gasteiger charge is 2.73. The van der Waals surface area contributed by atoms with Gasteiger partial charge in [0.15, 0.2) is 0 Å². The van der Waals surface area contributed by atoms with Crippen LogP contribution in [0.2, 0.25) is 0 Å². The zero-order chi connectivity index (χ0) is 20.8. The van der Waals surface area contributed by atoms with E-state index in [9.17, 15) is 35.7 Å². The maximum atomic E-state index is 9.98. The largest absolute Gasteiger partial charge is 0.396 e. The van der Waals surface area contributed by atoms with Gasteiger partial charge in [0.2, 0.25) is 0 Å². The van der Waals surface area contributed by atoms with Gasteiger partial charge in [0, 0.05) is 51.7 Å². The molecule has 164 valence electrons. The smallest absolute Gasteiger partial charge is 0.0468 e. The fraction of sp³-hybridized carbons (Fsp3) is 0.905. The predicted molar refractivity (Wildman–Crippen MR) is 104 cm³/mol. The molecule has 0 spiro atoms. The molecule has 0 aromatic carbocycles. The highest BCUT2D eigenvalue weighted by Crippen LogP contribution is 2.80. The molecule has 2 aliphatic carbocycles. The molecule has 0 saturated heterocycles. The van der Waals surface area contributed by atoms with E-state index in [0.717, 1.165) is 11.1 Å². The van der Waals surface area contributed by atoms with Gasteiger partial charge >= 0.3 is 0 Å². The van der Waals surface area contributed by atoms with Crippen LogP contribution in [0.1, 0.15) is 51.4 Å². The third-order valence-corrected chi connectivity index (χ3v) is 7.80. The van der Waals surface area contributed by atoms with Crippen molar-refractivity contribution >= 4 is 0 Å². The Bertz CT molecular complexity index is 529. The standard InChI is InChI=1S/C21H38O7/c22-8-1-16-17(2-9-23)21(7-14-28)15-19(16,4-11-25)18(3-10-24)20(21,5-12-26)6-13-27/h18,22-28H,1-15H2. The second-order valence-electron chi connectivity index (χ2n) is 8.43. The van der Waals surface area contributed by atoms with E-state index >= 15 is 0 Å². The van der Waals surface area contributed by atoms with Crippen LogP contribution in [-0.4, -0.2) is 82.0 Å². The molecule has 0 amide bonds. The average molecular weight is 403 g/mol. The van der Waals surface area contributed by atoms with Gasteiger partial charge in [0.1, 0.15) is 0 Å². The van der Waals surface area contributed by atoms with Crippen molar-refractivity contribution in [1.29, 1.82) is 0 Å². The lowest BCUT2D eigenvalue weighted by atomic mass is 9.49. The monoisotopic (exact) mass is 402 g/mol. The summed E-state index contributed by atoms with van der Waals surface area (Å²) in [6.07, 6.45) is 3.70. The Morgan fingerprint density at radius 2 is 1.14 bits per heavy atom. The van der Waals surface area contributed by atoms with Gasteiger partial charge in [-0.25, -0.2) is 0 Å². The van der Waals surface area contributed by atoms with Crippen LogP contribution in [0.4, 0.5) is 0 Å². The molecule has 0 radical (unpaired) electrons. The minimum Gasteiger partial charge on any atom is -0.396 e. The second kappa shape index (κ2) is 9.98. The van der Waals surface area contributed by atoms with Gasteiger partial charge in [-0.15, -0.1) is 0 Å². The summed E-state index contributed by atoms with van der Waals surface area (Å²) < 4.78 is 0. The van der Waals surface area contributed by atoms with Crippen molar-refractivity contribution in [3.8, 4) is 0 Å². The van der Waals surface area contributed by atoms with Crippen LogP contribution in [-0.2, 0) is 0 Å². The first-order chi connectivity index (χ1) is 13.5. The summed E-state index contributed by atoms with van der Waals surface area (Å²) in [7, 11) is 0. The lowest BCUT2D eigenvalue weighted by molar-refractivity contribution is -0.0390. The normalized spacial score (nSPS) is 31.2. The molecule has 7 heteroatoms. The maximum Gasteiger partial charge on any atom is 0.0468 e. The third-order valence-electron chi connectivity index (χ3n) is 7.80. The molecule has 0 aliphatic heterocycles. The van der Waals surface area contributed by atoms with Gasteiger partial charge in [0.25, 0.3) is 0 Å². The summed E-state index contributed by atoms with van der Waals surface area (Å²) in [4.78, 5) is 0. The SMILES string of the molecule is OCCC1=C(CCO)C2(CCO)CC1(CCO)C(CCO)C2(CCO)CCO. The van der Waals surface area contributed by atoms with Gasteiger partial charge in [-0.3, -0.25) is 0 Å². The van der Waals surface area contributed by atoms with E-state index in [0.29, 0.717) is 51.4 Å². The van der Waals surface area contributed by atoms with Crippen LogP contribution in [0.5, 0.6) is 0 Å². The summed E-state index contributed by atoms with van der Waals surface area (Å²) in [5, 5.41) is 69.2. The number of hydrogen-bond donors (Lipinski definition) is 7. The molecule has 2 rings (SSSR count). The zero-order valence-electron chi connectivity index (χ0n) is 16.8. The topological polar surface area (TPSA) is 142 Å². The fourth-order valence-corrected chi connectivity index (χ4v) is 7.35. The first kappa shape index (κ1) is 23.7. The van der Waals surface area contributed by atoms with Crippen molar-refractivity contribution in [2.75, 3.05) is 46.2 Å². The maximum absolute atomic E-state index is 9.98. The molecule has 0 aromatic heterocycles. The molecule has 1 saturated carbocycles. The number of rotatable bonds is 14. The summed E-state index contributed by atoms with van der Waals surface area (Å²) >= 11 is 0. The molecule has 0 aromatic rings. The minimum absolute atomic E-state index is 0.0482. The summed E-state index contributed by atoms with van der Waals surface area (Å²) in [6.45, 7) is -0.434. The Morgan fingerprint density at radius 3 is 1.61 bits per heavy atom. The molecule has 2 aliphatic rings. The highest BCUT2D eigenvalue weighted by molar-refractivity contribution is 5.45. The van der Waals surface area contributed by atoms with Crippen molar-refractivity contribution in [3.63, 3.8) is 0 Å². The molecular formula is C21H38O7. The van der Waals surface area contributed by atoms with Gasteiger partial charge in [-0.05, 0) is 68.1 Å². The van der Waals surface area contributed by atoms with Crippen LogP contribution in [0.3, 0.4) is 0 Å². The van der Waals surface area contributed by atoms with Gasteiger partial charge in [0.05, 0.1) is 0 Å². The molecule has 0 heterocycles. The Labute approximate surface area is 167 Å². The van der Waals surface area contributed by atoms with Crippen molar-refractivity contribution in [2.24, 2.45) is 22.2 Å². The summed E-state index contributed by atoms with van der Waals surface area (Å²) in [6, 6.07) is 0. The van der Waals surface area contributed by atoms with Crippen LogP contribution >= 0.6 is 0 Å². The number of aliphatic hydroxyl groups is 7. The number of hydrogen-bond acceptors (Lipinski definition) is 7. The van der Waals surface area contributed by atoms with Crippen LogP contribution < -0.4 is 0 Å². The molecule has 3 atom stereocenters. The Balaban J connectivity index is 2.82. The summed E-state index contributed by atoms with van der Waals surface area (Å²) in [5.41, 5.74) is 0.513. The molecule has 7 nitrogen and oxygen atoms in total. The molecule has 2 bridgehead atoms. The second-order valence-corrected chi connectivity index (χ2v) is 8.43. The Kier molecular flexibility index (Phi) is 8.46. The minimum atomic E-state index is -0.541. The van der Waals surface area contributed by atoms with E-state index in [-0.39, 0.29) is 52.2 Å². The fourth-order valence-electron chi connectivity index (χ4n) is 7.35. The summed E-state index contributed by atoms with van der Waals surface area (Å²) in [5.74, 6) is -0.0907. The van der Waals surface area contributed by atoms with Gasteiger partial charge < -0.3 is 35.7 Å². The Hall–Kier alpha value is -0.540. The molecule has 7 N–H and O–H groups in total. The quantitative estimate of drug-likeness (QED) is 0.202. The first-order valence-electron chi connectivity index (χ1n) is 10.5. The van der Waals surface area contributed by atoms with E-state index < -0.39 is 16.2 Å². The Morgan fingerprint density at radius 1 is 0.607 bits per heavy atom. The third kappa shape index (κ3) is 3.35. The molecule has 3 unspecified atom stereocenters. The van der Waals surface area contributed by atoms with E-state index in [1.807, 2.05) is 0 Å². The molecule has 1 fully saturated rings. The van der Waals surface area contributed by atoms with E-state index in [1.54, 1.807) is 0 Å². The van der Waals surface area contributed by atoms with Crippen molar-refractivity contribution < 1.29 is 35.7 Å². The lowest BCUT2D eigenvalue weighted by Crippen LogP contribution is -2.49. The molecular weight excluding hydrogens is 364 g/mol. The van der Waals surface area contributed by atoms with E-state index in [4.69, 9.17) is 0 Å². The van der Waals surface area contributed by atoms with Crippen LogP contribution in [0.15, 0.2) is 11.1 Å². The van der Waals surface area contributed by atoms with E-state index in [1.165, 1.54) is 0 Å². The van der Waals surface area contributed by atoms with Crippen LogP contribution in [0.25, 0.3) is 0 Å². The average Bonchev–Trinajstić information content (AvgIpc) is 3.03. The van der Waals surface area contributed by atoms with Crippen molar-refractivity contribution in [1.82, 2.24) is 0 Å². The van der Waals surface area contributed by atoms with Crippen molar-refractivity contribution in [3.05, 3.63) is 11.1 Å². The van der Waals surface area contributed by atoms with Crippen molar-refractivity contribution in [2.45, 2.75) is 51.4 Å². The first-order valence-corrected chi connectivity index (χ1v) is 10.5. The number of fused-ring (bicyclic) bond motifs is 2. The zero-order valence-corrected chi connectivity index (χ0v) is 16.8. The van der Waals surface area contributed by atoms with Gasteiger partial charge in [-0.2, -0.15) is 0 Å². The molecule has 28 heavy (non-hydrogen) atoms. The van der Waals surface area contributed by atoms with E-state index in [2.05, 4.69) is 0 Å².